The largest absolute Gasteiger partial charge is 0.317 e. The summed E-state index contributed by atoms with van der Waals surface area (Å²) < 4.78 is 1.94. The molecule has 96 valence electrons. The van der Waals surface area contributed by atoms with E-state index in [1.54, 1.807) is 0 Å². The zero-order chi connectivity index (χ0) is 12.6. The van der Waals surface area contributed by atoms with Crippen molar-refractivity contribution in [1.82, 2.24) is 15.1 Å². The summed E-state index contributed by atoms with van der Waals surface area (Å²) in [5, 5.41) is 7.81. The van der Waals surface area contributed by atoms with Crippen LogP contribution in [0.5, 0.6) is 0 Å². The number of aryl methyl sites for hydroxylation is 1. The minimum atomic E-state index is 1.09. The van der Waals surface area contributed by atoms with E-state index in [0.29, 0.717) is 0 Å². The van der Waals surface area contributed by atoms with Crippen molar-refractivity contribution in [2.75, 3.05) is 13.1 Å². The Hall–Kier alpha value is -1.61. The van der Waals surface area contributed by atoms with Gasteiger partial charge in [-0.25, -0.2) is 4.68 Å². The summed E-state index contributed by atoms with van der Waals surface area (Å²) in [5.74, 6) is 0. The lowest BCUT2D eigenvalue weighted by atomic mass is 10.2. The number of nitrogens with zero attached hydrogens (tertiary/aromatic N) is 2. The van der Waals surface area contributed by atoms with Crippen molar-refractivity contribution < 1.29 is 0 Å². The lowest BCUT2D eigenvalue weighted by Crippen LogP contribution is -2.16. The van der Waals surface area contributed by atoms with Gasteiger partial charge in [-0.1, -0.05) is 25.1 Å². The molecule has 1 aromatic carbocycles. The molecule has 1 aromatic heterocycles. The Morgan fingerprint density at radius 1 is 1.17 bits per heavy atom. The van der Waals surface area contributed by atoms with E-state index >= 15 is 0 Å². The molecule has 18 heavy (non-hydrogen) atoms. The summed E-state index contributed by atoms with van der Waals surface area (Å²) in [4.78, 5) is 0. The van der Waals surface area contributed by atoms with Crippen molar-refractivity contribution in [3.8, 4) is 5.69 Å². The number of rotatable bonds is 7. The maximum Gasteiger partial charge on any atom is 0.0645 e. The molecule has 2 aromatic rings. The van der Waals surface area contributed by atoms with E-state index in [-0.39, 0.29) is 0 Å². The van der Waals surface area contributed by atoms with E-state index < -0.39 is 0 Å². The van der Waals surface area contributed by atoms with Crippen LogP contribution in [0, 0.1) is 0 Å². The first-order chi connectivity index (χ1) is 8.90. The summed E-state index contributed by atoms with van der Waals surface area (Å²) in [6, 6.07) is 10.2. The van der Waals surface area contributed by atoms with Gasteiger partial charge >= 0.3 is 0 Å². The molecule has 0 aliphatic rings. The number of aromatic nitrogens is 2. The second-order valence-electron chi connectivity index (χ2n) is 4.48. The standard InChI is InChI=1S/C15H21N3/c1-2-10-16-11-6-7-14-12-17-18(13-14)15-8-4-3-5-9-15/h3-5,8-9,12-13,16H,2,6-7,10-11H2,1H3. The fourth-order valence-electron chi connectivity index (χ4n) is 1.93. The molecule has 0 saturated carbocycles. The highest BCUT2D eigenvalue weighted by Gasteiger charge is 2.00. The topological polar surface area (TPSA) is 29.9 Å². The summed E-state index contributed by atoms with van der Waals surface area (Å²) in [6.45, 7) is 4.39. The molecule has 0 fully saturated rings. The Balaban J connectivity index is 1.83. The highest BCUT2D eigenvalue weighted by atomic mass is 15.3. The third-order valence-corrected chi connectivity index (χ3v) is 2.90. The average Bonchev–Trinajstić information content (AvgIpc) is 2.88. The molecule has 0 aliphatic heterocycles. The van der Waals surface area contributed by atoms with Crippen LogP contribution in [0.1, 0.15) is 25.3 Å². The van der Waals surface area contributed by atoms with Crippen LogP contribution in [0.15, 0.2) is 42.7 Å². The Bertz CT molecular complexity index is 448. The van der Waals surface area contributed by atoms with Crippen LogP contribution in [0.4, 0.5) is 0 Å². The molecule has 3 heteroatoms. The minimum Gasteiger partial charge on any atom is -0.317 e. The van der Waals surface area contributed by atoms with E-state index in [9.17, 15) is 0 Å². The van der Waals surface area contributed by atoms with Crippen molar-refractivity contribution in [3.63, 3.8) is 0 Å². The number of benzene rings is 1. The van der Waals surface area contributed by atoms with Gasteiger partial charge in [0.25, 0.3) is 0 Å². The number of hydrogen-bond donors (Lipinski definition) is 1. The average molecular weight is 243 g/mol. The molecule has 0 unspecified atom stereocenters. The summed E-state index contributed by atoms with van der Waals surface area (Å²) >= 11 is 0. The first-order valence-corrected chi connectivity index (χ1v) is 6.70. The molecule has 2 rings (SSSR count). The van der Waals surface area contributed by atoms with Crippen LogP contribution in [0.3, 0.4) is 0 Å². The fraction of sp³-hybridized carbons (Fsp3) is 0.400. The number of hydrogen-bond acceptors (Lipinski definition) is 2. The monoisotopic (exact) mass is 243 g/mol. The molecule has 0 radical (unpaired) electrons. The Morgan fingerprint density at radius 2 is 2.00 bits per heavy atom. The second-order valence-corrected chi connectivity index (χ2v) is 4.48. The maximum absolute atomic E-state index is 4.40. The smallest absolute Gasteiger partial charge is 0.0645 e. The van der Waals surface area contributed by atoms with Gasteiger partial charge in [-0.15, -0.1) is 0 Å². The zero-order valence-corrected chi connectivity index (χ0v) is 11.0. The van der Waals surface area contributed by atoms with Crippen molar-refractivity contribution in [3.05, 3.63) is 48.3 Å². The van der Waals surface area contributed by atoms with Crippen LogP contribution in [-0.2, 0) is 6.42 Å². The van der Waals surface area contributed by atoms with E-state index in [1.165, 1.54) is 18.4 Å². The predicted molar refractivity (Wildman–Crippen MR) is 75.0 cm³/mol. The molecular weight excluding hydrogens is 222 g/mol. The van der Waals surface area contributed by atoms with Crippen LogP contribution in [0.25, 0.3) is 5.69 Å². The molecule has 0 atom stereocenters. The molecule has 3 nitrogen and oxygen atoms in total. The molecule has 0 aliphatic carbocycles. The van der Waals surface area contributed by atoms with Gasteiger partial charge < -0.3 is 5.32 Å². The maximum atomic E-state index is 4.40. The predicted octanol–water partition coefficient (Wildman–Crippen LogP) is 2.80. The lowest BCUT2D eigenvalue weighted by molar-refractivity contribution is 0.640. The second kappa shape index (κ2) is 6.97. The first kappa shape index (κ1) is 12.8. The molecule has 0 saturated heterocycles. The van der Waals surface area contributed by atoms with Gasteiger partial charge in [-0.05, 0) is 50.0 Å². The molecule has 0 spiro atoms. The van der Waals surface area contributed by atoms with Crippen LogP contribution in [0.2, 0.25) is 0 Å². The highest BCUT2D eigenvalue weighted by Crippen LogP contribution is 2.08. The lowest BCUT2D eigenvalue weighted by Gasteiger charge is -2.01. The minimum absolute atomic E-state index is 1.09. The van der Waals surface area contributed by atoms with Gasteiger partial charge in [0.05, 0.1) is 11.9 Å². The van der Waals surface area contributed by atoms with E-state index in [4.69, 9.17) is 0 Å². The third-order valence-electron chi connectivity index (χ3n) is 2.90. The van der Waals surface area contributed by atoms with Gasteiger partial charge in [0, 0.05) is 6.20 Å². The van der Waals surface area contributed by atoms with E-state index in [2.05, 4.69) is 35.7 Å². The molecule has 0 bridgehead atoms. The van der Waals surface area contributed by atoms with Gasteiger partial charge in [-0.2, -0.15) is 5.10 Å². The molecule has 1 heterocycles. The molecule has 0 amide bonds. The summed E-state index contributed by atoms with van der Waals surface area (Å²) in [7, 11) is 0. The Morgan fingerprint density at radius 3 is 2.78 bits per heavy atom. The van der Waals surface area contributed by atoms with Gasteiger partial charge in [0.2, 0.25) is 0 Å². The highest BCUT2D eigenvalue weighted by molar-refractivity contribution is 5.30. The van der Waals surface area contributed by atoms with E-state index in [1.807, 2.05) is 29.1 Å². The zero-order valence-electron chi connectivity index (χ0n) is 11.0. The third kappa shape index (κ3) is 3.70. The quantitative estimate of drug-likeness (QED) is 0.758. The number of para-hydroxylation sites is 1. The summed E-state index contributed by atoms with van der Waals surface area (Å²) in [5.41, 5.74) is 2.42. The SMILES string of the molecule is CCCNCCCc1cnn(-c2ccccc2)c1. The van der Waals surface area contributed by atoms with Crippen molar-refractivity contribution in [2.45, 2.75) is 26.2 Å². The van der Waals surface area contributed by atoms with Crippen molar-refractivity contribution in [1.29, 1.82) is 0 Å². The van der Waals surface area contributed by atoms with Crippen LogP contribution >= 0.6 is 0 Å². The molecule has 1 N–H and O–H groups in total. The first-order valence-electron chi connectivity index (χ1n) is 6.70. The van der Waals surface area contributed by atoms with Crippen molar-refractivity contribution >= 4 is 0 Å². The van der Waals surface area contributed by atoms with Gasteiger partial charge in [-0.3, -0.25) is 0 Å². The fourth-order valence-corrected chi connectivity index (χ4v) is 1.93. The normalized spacial score (nSPS) is 10.7. The Labute approximate surface area is 109 Å². The number of nitrogens with one attached hydrogen (secondary N) is 1. The van der Waals surface area contributed by atoms with Crippen LogP contribution < -0.4 is 5.32 Å². The van der Waals surface area contributed by atoms with Gasteiger partial charge in [0.15, 0.2) is 0 Å². The summed E-state index contributed by atoms with van der Waals surface area (Å²) in [6.07, 6.45) is 7.54. The Kier molecular flexibility index (Phi) is 4.97. The molecular formula is C15H21N3. The van der Waals surface area contributed by atoms with Crippen molar-refractivity contribution in [2.24, 2.45) is 0 Å². The van der Waals surface area contributed by atoms with E-state index in [0.717, 1.165) is 25.2 Å². The van der Waals surface area contributed by atoms with Gasteiger partial charge in [0.1, 0.15) is 0 Å². The van der Waals surface area contributed by atoms with Crippen LogP contribution in [-0.4, -0.2) is 22.9 Å².